The van der Waals surface area contributed by atoms with Gasteiger partial charge in [0, 0.05) is 17.6 Å². The van der Waals surface area contributed by atoms with E-state index in [4.69, 9.17) is 11.6 Å². The summed E-state index contributed by atoms with van der Waals surface area (Å²) >= 11 is 6.15. The Hall–Kier alpha value is -2.58. The molecule has 0 unspecified atom stereocenters. The molecule has 0 spiro atoms. The fourth-order valence-electron chi connectivity index (χ4n) is 4.58. The van der Waals surface area contributed by atoms with Crippen LogP contribution in [0.25, 0.3) is 0 Å². The first-order chi connectivity index (χ1) is 16.5. The monoisotopic (exact) mass is 519 g/mol. The molecule has 0 saturated heterocycles. The molecule has 0 aromatic heterocycles. The summed E-state index contributed by atoms with van der Waals surface area (Å²) < 4.78 is 26.7. The van der Waals surface area contributed by atoms with E-state index in [1.54, 1.807) is 25.1 Å². The molecular formula is C26H34ClN3O4S. The van der Waals surface area contributed by atoms with Crippen LogP contribution in [0, 0.1) is 13.8 Å². The SMILES string of the molecule is Cc1cccc(C)c1N(CC(=O)N(Cc1cccc(Cl)c1)[C@@H](C)C(=O)NC1CCCC1)S(C)(=O)=O. The Morgan fingerprint density at radius 3 is 2.26 bits per heavy atom. The first-order valence-electron chi connectivity index (χ1n) is 11.9. The first kappa shape index (κ1) is 27.0. The number of carbonyl (C=O) groups is 2. The topological polar surface area (TPSA) is 86.8 Å². The molecule has 2 aromatic rings. The average Bonchev–Trinajstić information content (AvgIpc) is 3.28. The largest absolute Gasteiger partial charge is 0.352 e. The molecule has 1 aliphatic carbocycles. The van der Waals surface area contributed by atoms with Crippen molar-refractivity contribution in [2.45, 2.75) is 65.1 Å². The Kier molecular flexibility index (Phi) is 8.83. The molecule has 7 nitrogen and oxygen atoms in total. The Morgan fingerprint density at radius 2 is 1.69 bits per heavy atom. The van der Waals surface area contributed by atoms with Crippen LogP contribution >= 0.6 is 11.6 Å². The zero-order chi connectivity index (χ0) is 25.8. The lowest BCUT2D eigenvalue weighted by Crippen LogP contribution is -2.52. The van der Waals surface area contributed by atoms with Crippen LogP contribution in [0.1, 0.15) is 49.3 Å². The number of para-hydroxylation sites is 1. The molecule has 2 aromatic carbocycles. The van der Waals surface area contributed by atoms with E-state index in [1.807, 2.05) is 38.1 Å². The molecular weight excluding hydrogens is 486 g/mol. The molecule has 1 atom stereocenters. The summed E-state index contributed by atoms with van der Waals surface area (Å²) in [5, 5.41) is 3.57. The molecule has 9 heteroatoms. The lowest BCUT2D eigenvalue weighted by molar-refractivity contribution is -0.139. The van der Waals surface area contributed by atoms with Crippen molar-refractivity contribution in [3.8, 4) is 0 Å². The maximum absolute atomic E-state index is 13.7. The van der Waals surface area contributed by atoms with E-state index in [1.165, 1.54) is 4.90 Å². The first-order valence-corrected chi connectivity index (χ1v) is 14.1. The second-order valence-electron chi connectivity index (χ2n) is 9.33. The third-order valence-electron chi connectivity index (χ3n) is 6.48. The van der Waals surface area contributed by atoms with Gasteiger partial charge in [-0.15, -0.1) is 0 Å². The van der Waals surface area contributed by atoms with Crippen LogP contribution in [-0.2, 0) is 26.2 Å². The maximum atomic E-state index is 13.7. The van der Waals surface area contributed by atoms with Gasteiger partial charge < -0.3 is 10.2 Å². The van der Waals surface area contributed by atoms with Crippen LogP contribution in [0.3, 0.4) is 0 Å². The summed E-state index contributed by atoms with van der Waals surface area (Å²) in [4.78, 5) is 28.2. The van der Waals surface area contributed by atoms with Gasteiger partial charge in [-0.25, -0.2) is 8.42 Å². The second kappa shape index (κ2) is 11.4. The molecule has 1 fully saturated rings. The number of sulfonamides is 1. The van der Waals surface area contributed by atoms with Crippen molar-refractivity contribution in [1.29, 1.82) is 0 Å². The number of aryl methyl sites for hydroxylation is 2. The van der Waals surface area contributed by atoms with Gasteiger partial charge in [-0.3, -0.25) is 13.9 Å². The molecule has 1 N–H and O–H groups in total. The molecule has 0 heterocycles. The van der Waals surface area contributed by atoms with Crippen molar-refractivity contribution in [2.75, 3.05) is 17.1 Å². The van der Waals surface area contributed by atoms with E-state index < -0.39 is 28.5 Å². The van der Waals surface area contributed by atoms with Crippen molar-refractivity contribution in [3.05, 3.63) is 64.2 Å². The van der Waals surface area contributed by atoms with Gasteiger partial charge in [-0.05, 0) is 62.4 Å². The average molecular weight is 520 g/mol. The summed E-state index contributed by atoms with van der Waals surface area (Å²) in [7, 11) is -3.77. The lowest BCUT2D eigenvalue weighted by Gasteiger charge is -2.33. The van der Waals surface area contributed by atoms with Crippen molar-refractivity contribution < 1.29 is 18.0 Å². The fraction of sp³-hybridized carbons (Fsp3) is 0.462. The highest BCUT2D eigenvalue weighted by molar-refractivity contribution is 7.92. The Morgan fingerprint density at radius 1 is 1.09 bits per heavy atom. The summed E-state index contributed by atoms with van der Waals surface area (Å²) in [5.74, 6) is -0.711. The lowest BCUT2D eigenvalue weighted by atomic mass is 10.1. The van der Waals surface area contributed by atoms with Crippen LogP contribution in [0.2, 0.25) is 5.02 Å². The maximum Gasteiger partial charge on any atom is 0.244 e. The van der Waals surface area contributed by atoms with Crippen molar-refractivity contribution in [2.24, 2.45) is 0 Å². The van der Waals surface area contributed by atoms with Crippen LogP contribution < -0.4 is 9.62 Å². The summed E-state index contributed by atoms with van der Waals surface area (Å²) in [6.07, 6.45) is 5.08. The third-order valence-corrected chi connectivity index (χ3v) is 7.83. The predicted molar refractivity (Wildman–Crippen MR) is 140 cm³/mol. The second-order valence-corrected chi connectivity index (χ2v) is 11.7. The van der Waals surface area contributed by atoms with E-state index in [0.717, 1.165) is 52.9 Å². The molecule has 35 heavy (non-hydrogen) atoms. The van der Waals surface area contributed by atoms with E-state index in [0.29, 0.717) is 10.7 Å². The molecule has 3 rings (SSSR count). The van der Waals surface area contributed by atoms with Crippen LogP contribution in [-0.4, -0.2) is 50.0 Å². The molecule has 2 amide bonds. The molecule has 0 radical (unpaired) electrons. The van der Waals surface area contributed by atoms with E-state index >= 15 is 0 Å². The number of hydrogen-bond acceptors (Lipinski definition) is 4. The molecule has 1 aliphatic rings. The van der Waals surface area contributed by atoms with E-state index in [-0.39, 0.29) is 18.5 Å². The standard InChI is InChI=1S/C26H34ClN3O4S/c1-18-9-7-10-19(2)25(18)30(35(4,33)34)17-24(31)29(16-21-11-8-12-22(27)15-21)20(3)26(32)28-23-13-5-6-14-23/h7-12,15,20,23H,5-6,13-14,16-17H2,1-4H3,(H,28,32)/t20-/m0/s1. The number of amides is 2. The number of anilines is 1. The van der Waals surface area contributed by atoms with Crippen LogP contribution in [0.4, 0.5) is 5.69 Å². The normalized spacial score (nSPS) is 15.0. The number of benzene rings is 2. The summed E-state index contributed by atoms with van der Waals surface area (Å²) in [6.45, 7) is 5.02. The van der Waals surface area contributed by atoms with Crippen molar-refractivity contribution >= 4 is 39.1 Å². The van der Waals surface area contributed by atoms with Gasteiger partial charge in [0.15, 0.2) is 0 Å². The highest BCUT2D eigenvalue weighted by atomic mass is 35.5. The minimum Gasteiger partial charge on any atom is -0.352 e. The van der Waals surface area contributed by atoms with E-state index in [2.05, 4.69) is 5.32 Å². The molecule has 1 saturated carbocycles. The number of rotatable bonds is 9. The molecule has 0 aliphatic heterocycles. The summed E-state index contributed by atoms with van der Waals surface area (Å²) in [5.41, 5.74) is 2.73. The van der Waals surface area contributed by atoms with E-state index in [9.17, 15) is 18.0 Å². The summed E-state index contributed by atoms with van der Waals surface area (Å²) in [6, 6.07) is 11.9. The van der Waals surface area contributed by atoms with Gasteiger partial charge >= 0.3 is 0 Å². The fourth-order valence-corrected chi connectivity index (χ4v) is 5.76. The van der Waals surface area contributed by atoms with Gasteiger partial charge in [0.05, 0.1) is 11.9 Å². The minimum atomic E-state index is -3.77. The molecule has 190 valence electrons. The highest BCUT2D eigenvalue weighted by Gasteiger charge is 2.32. The number of carbonyl (C=O) groups excluding carboxylic acids is 2. The minimum absolute atomic E-state index is 0.107. The van der Waals surface area contributed by atoms with Gasteiger partial charge in [-0.2, -0.15) is 0 Å². The smallest absolute Gasteiger partial charge is 0.244 e. The zero-order valence-electron chi connectivity index (χ0n) is 20.8. The van der Waals surface area contributed by atoms with Gasteiger partial charge in [0.25, 0.3) is 0 Å². The third kappa shape index (κ3) is 6.98. The number of halogens is 1. The zero-order valence-corrected chi connectivity index (χ0v) is 22.3. The Labute approximate surface area is 213 Å². The number of nitrogens with zero attached hydrogens (tertiary/aromatic N) is 2. The van der Waals surface area contributed by atoms with Gasteiger partial charge in [0.2, 0.25) is 21.8 Å². The van der Waals surface area contributed by atoms with Crippen LogP contribution in [0.15, 0.2) is 42.5 Å². The molecule has 0 bridgehead atoms. The van der Waals surface area contributed by atoms with Gasteiger partial charge in [-0.1, -0.05) is 54.8 Å². The highest BCUT2D eigenvalue weighted by Crippen LogP contribution is 2.27. The predicted octanol–water partition coefficient (Wildman–Crippen LogP) is 4.20. The Bertz CT molecular complexity index is 1160. The number of hydrogen-bond donors (Lipinski definition) is 1. The van der Waals surface area contributed by atoms with Crippen molar-refractivity contribution in [1.82, 2.24) is 10.2 Å². The van der Waals surface area contributed by atoms with Crippen molar-refractivity contribution in [3.63, 3.8) is 0 Å². The quantitative estimate of drug-likeness (QED) is 0.538. The number of nitrogens with one attached hydrogen (secondary N) is 1. The van der Waals surface area contributed by atoms with Gasteiger partial charge in [0.1, 0.15) is 12.6 Å². The Balaban J connectivity index is 1.92. The van der Waals surface area contributed by atoms with Crippen LogP contribution in [0.5, 0.6) is 0 Å².